The molecule has 0 aliphatic heterocycles. The van der Waals surface area contributed by atoms with Crippen molar-refractivity contribution in [1.82, 2.24) is 20.3 Å². The number of hydrogen-bond acceptors (Lipinski definition) is 5. The zero-order chi connectivity index (χ0) is 21.1. The largest absolute Gasteiger partial charge is 0.497 e. The molecule has 9 heteroatoms. The minimum atomic E-state index is -0.345. The van der Waals surface area contributed by atoms with Crippen molar-refractivity contribution >= 4 is 51.6 Å². The molecule has 0 fully saturated rings. The third-order valence-corrected chi connectivity index (χ3v) is 4.80. The normalized spacial score (nSPS) is 10.6. The molecule has 4 rings (SSSR count). The van der Waals surface area contributed by atoms with Gasteiger partial charge in [-0.1, -0.05) is 29.8 Å². The van der Waals surface area contributed by atoms with Gasteiger partial charge in [-0.2, -0.15) is 4.80 Å². The van der Waals surface area contributed by atoms with E-state index in [1.807, 2.05) is 30.3 Å². The van der Waals surface area contributed by atoms with E-state index >= 15 is 0 Å². The van der Waals surface area contributed by atoms with Gasteiger partial charge in [0.05, 0.1) is 23.5 Å². The van der Waals surface area contributed by atoms with E-state index in [2.05, 4.69) is 20.8 Å². The van der Waals surface area contributed by atoms with Crippen molar-refractivity contribution in [3.63, 3.8) is 0 Å². The van der Waals surface area contributed by atoms with Gasteiger partial charge in [-0.05, 0) is 60.7 Å². The van der Waals surface area contributed by atoms with Crippen LogP contribution < -0.4 is 15.4 Å². The first-order chi connectivity index (χ1) is 14.5. The number of fused-ring (bicyclic) bond motifs is 1. The van der Waals surface area contributed by atoms with Crippen LogP contribution in [-0.2, 0) is 0 Å². The fourth-order valence-corrected chi connectivity index (χ4v) is 3.19. The van der Waals surface area contributed by atoms with Gasteiger partial charge in [-0.3, -0.25) is 10.1 Å². The highest BCUT2D eigenvalue weighted by atomic mass is 35.5. The highest BCUT2D eigenvalue weighted by molar-refractivity contribution is 7.80. The van der Waals surface area contributed by atoms with Crippen LogP contribution in [0.2, 0.25) is 5.02 Å². The lowest BCUT2D eigenvalue weighted by molar-refractivity contribution is 0.0977. The number of nitrogens with one attached hydrogen (secondary N) is 2. The quantitative estimate of drug-likeness (QED) is 0.465. The third-order valence-electron chi connectivity index (χ3n) is 4.28. The lowest BCUT2D eigenvalue weighted by atomic mass is 10.2. The number of para-hydroxylation sites is 1. The maximum atomic E-state index is 12.4. The monoisotopic (exact) mass is 437 g/mol. The molecule has 0 aliphatic rings. The Labute approximate surface area is 182 Å². The van der Waals surface area contributed by atoms with Crippen LogP contribution in [-0.4, -0.2) is 33.1 Å². The van der Waals surface area contributed by atoms with Crippen LogP contribution in [0.3, 0.4) is 0 Å². The summed E-state index contributed by atoms with van der Waals surface area (Å²) >= 11 is 11.6. The SMILES string of the molecule is COc1ccc(C(=O)NC(=S)Nc2cc3nn(-c4ccccc4)nc3cc2Cl)cc1. The van der Waals surface area contributed by atoms with Crippen LogP contribution in [0.4, 0.5) is 5.69 Å². The summed E-state index contributed by atoms with van der Waals surface area (Å²) in [7, 11) is 1.56. The minimum absolute atomic E-state index is 0.118. The van der Waals surface area contributed by atoms with Crippen molar-refractivity contribution in [2.45, 2.75) is 0 Å². The van der Waals surface area contributed by atoms with E-state index in [4.69, 9.17) is 28.6 Å². The summed E-state index contributed by atoms with van der Waals surface area (Å²) in [5.41, 5.74) is 3.08. The van der Waals surface area contributed by atoms with Crippen molar-refractivity contribution in [3.8, 4) is 11.4 Å². The molecular formula is C21H16ClN5O2S. The highest BCUT2D eigenvalue weighted by Crippen LogP contribution is 2.27. The van der Waals surface area contributed by atoms with Gasteiger partial charge in [-0.15, -0.1) is 10.2 Å². The molecule has 150 valence electrons. The van der Waals surface area contributed by atoms with Crippen molar-refractivity contribution in [2.75, 3.05) is 12.4 Å². The lowest BCUT2D eigenvalue weighted by Gasteiger charge is -2.11. The number of benzene rings is 3. The van der Waals surface area contributed by atoms with Crippen molar-refractivity contribution in [3.05, 3.63) is 77.3 Å². The Balaban J connectivity index is 1.50. The van der Waals surface area contributed by atoms with Crippen LogP contribution in [0.5, 0.6) is 5.75 Å². The first-order valence-corrected chi connectivity index (χ1v) is 9.70. The molecule has 0 bridgehead atoms. The van der Waals surface area contributed by atoms with Gasteiger partial charge in [0.15, 0.2) is 5.11 Å². The number of ether oxygens (including phenoxy) is 1. The average molecular weight is 438 g/mol. The molecule has 0 aliphatic carbocycles. The number of nitrogens with zero attached hydrogens (tertiary/aromatic N) is 3. The summed E-state index contributed by atoms with van der Waals surface area (Å²) in [6, 6.07) is 19.7. The van der Waals surface area contributed by atoms with Crippen LogP contribution in [0.1, 0.15) is 10.4 Å². The second-order valence-corrected chi connectivity index (χ2v) is 7.10. The Hall–Kier alpha value is -3.49. The van der Waals surface area contributed by atoms with E-state index in [0.29, 0.717) is 33.1 Å². The summed E-state index contributed by atoms with van der Waals surface area (Å²) in [5, 5.41) is 15.0. The van der Waals surface area contributed by atoms with Crippen molar-refractivity contribution < 1.29 is 9.53 Å². The highest BCUT2D eigenvalue weighted by Gasteiger charge is 2.12. The van der Waals surface area contributed by atoms with Crippen LogP contribution >= 0.6 is 23.8 Å². The summed E-state index contributed by atoms with van der Waals surface area (Å²) in [6.07, 6.45) is 0. The van der Waals surface area contributed by atoms with E-state index in [1.54, 1.807) is 43.5 Å². The molecule has 0 saturated heterocycles. The number of halogens is 1. The molecule has 0 radical (unpaired) electrons. The minimum Gasteiger partial charge on any atom is -0.497 e. The summed E-state index contributed by atoms with van der Waals surface area (Å²) in [4.78, 5) is 13.9. The molecule has 30 heavy (non-hydrogen) atoms. The Kier molecular flexibility index (Phi) is 5.60. The number of rotatable bonds is 4. The number of aromatic nitrogens is 3. The summed E-state index contributed by atoms with van der Waals surface area (Å²) in [6.45, 7) is 0. The molecule has 1 heterocycles. The number of methoxy groups -OCH3 is 1. The average Bonchev–Trinajstić information content (AvgIpc) is 3.17. The Morgan fingerprint density at radius 3 is 2.37 bits per heavy atom. The van der Waals surface area contributed by atoms with Gasteiger partial charge in [0, 0.05) is 5.56 Å². The Morgan fingerprint density at radius 1 is 1.03 bits per heavy atom. The van der Waals surface area contributed by atoms with Gasteiger partial charge in [-0.25, -0.2) is 0 Å². The van der Waals surface area contributed by atoms with Crippen LogP contribution in [0, 0.1) is 0 Å². The molecule has 0 saturated carbocycles. The van der Waals surface area contributed by atoms with Crippen LogP contribution in [0.15, 0.2) is 66.7 Å². The van der Waals surface area contributed by atoms with E-state index < -0.39 is 0 Å². The van der Waals surface area contributed by atoms with Gasteiger partial charge < -0.3 is 10.1 Å². The van der Waals surface area contributed by atoms with Crippen LogP contribution in [0.25, 0.3) is 16.7 Å². The predicted molar refractivity (Wildman–Crippen MR) is 121 cm³/mol. The number of thiocarbonyl (C=S) groups is 1. The van der Waals surface area contributed by atoms with Gasteiger partial charge in [0.25, 0.3) is 5.91 Å². The molecule has 4 aromatic rings. The van der Waals surface area contributed by atoms with Gasteiger partial charge in [0.2, 0.25) is 0 Å². The molecule has 2 N–H and O–H groups in total. The fraction of sp³-hybridized carbons (Fsp3) is 0.0476. The molecule has 0 atom stereocenters. The van der Waals surface area contributed by atoms with Crippen molar-refractivity contribution in [1.29, 1.82) is 0 Å². The number of anilines is 1. The lowest BCUT2D eigenvalue weighted by Crippen LogP contribution is -2.34. The van der Waals surface area contributed by atoms with E-state index in [-0.39, 0.29) is 11.0 Å². The molecule has 0 spiro atoms. The molecule has 1 amide bonds. The molecule has 7 nitrogen and oxygen atoms in total. The summed E-state index contributed by atoms with van der Waals surface area (Å²) < 4.78 is 5.09. The standard InChI is InChI=1S/C21H16ClN5O2S/c1-29-15-9-7-13(8-10-15)20(28)24-21(30)23-17-12-19-18(11-16(17)22)25-27(26-19)14-5-3-2-4-6-14/h2-12H,1H3,(H2,23,24,28,30). The van der Waals surface area contributed by atoms with E-state index in [0.717, 1.165) is 5.69 Å². The maximum absolute atomic E-state index is 12.4. The zero-order valence-electron chi connectivity index (χ0n) is 15.8. The first kappa shape index (κ1) is 19.8. The van der Waals surface area contributed by atoms with Gasteiger partial charge >= 0.3 is 0 Å². The zero-order valence-corrected chi connectivity index (χ0v) is 17.4. The second kappa shape index (κ2) is 8.48. The van der Waals surface area contributed by atoms with Crippen molar-refractivity contribution in [2.24, 2.45) is 0 Å². The smallest absolute Gasteiger partial charge is 0.257 e. The Morgan fingerprint density at radius 2 is 1.70 bits per heavy atom. The van der Waals surface area contributed by atoms with Gasteiger partial charge in [0.1, 0.15) is 16.8 Å². The van der Waals surface area contributed by atoms with E-state index in [1.165, 1.54) is 4.80 Å². The third kappa shape index (κ3) is 4.24. The molecule has 1 aromatic heterocycles. The molecule has 0 unspecified atom stereocenters. The number of carbonyl (C=O) groups is 1. The molecule has 3 aromatic carbocycles. The maximum Gasteiger partial charge on any atom is 0.257 e. The second-order valence-electron chi connectivity index (χ2n) is 6.28. The summed E-state index contributed by atoms with van der Waals surface area (Å²) in [5.74, 6) is 0.318. The number of hydrogen-bond donors (Lipinski definition) is 2. The first-order valence-electron chi connectivity index (χ1n) is 8.92. The predicted octanol–water partition coefficient (Wildman–Crippen LogP) is 4.21. The topological polar surface area (TPSA) is 81.1 Å². The van der Waals surface area contributed by atoms with E-state index in [9.17, 15) is 4.79 Å². The molecular weight excluding hydrogens is 422 g/mol. The Bertz CT molecular complexity index is 1230. The fourth-order valence-electron chi connectivity index (χ4n) is 2.78. The number of carbonyl (C=O) groups excluding carboxylic acids is 1. The number of amides is 1.